The van der Waals surface area contributed by atoms with Gasteiger partial charge in [-0.05, 0) is 24.6 Å². The Kier molecular flexibility index (Phi) is 5.75. The van der Waals surface area contributed by atoms with Crippen LogP contribution in [0.3, 0.4) is 0 Å². The molecule has 31 heavy (non-hydrogen) atoms. The molecule has 0 spiro atoms. The summed E-state index contributed by atoms with van der Waals surface area (Å²) in [5.74, 6) is -1.03. The van der Waals surface area contributed by atoms with E-state index in [2.05, 4.69) is 11.9 Å². The highest BCUT2D eigenvalue weighted by Gasteiger charge is 2.42. The van der Waals surface area contributed by atoms with Gasteiger partial charge >= 0.3 is 0 Å². The molecule has 2 heterocycles. The molecule has 1 saturated heterocycles. The van der Waals surface area contributed by atoms with Crippen molar-refractivity contribution in [3.8, 4) is 0 Å². The SMILES string of the molecule is C=CCN1C(=O)/C(=C2/C(=O)N(CC(=O)Nc3ccccc3C)c3ccccc32)SC1=S. The van der Waals surface area contributed by atoms with E-state index in [1.54, 1.807) is 30.3 Å². The molecular formula is C23H19N3O3S2. The van der Waals surface area contributed by atoms with Gasteiger partial charge < -0.3 is 5.32 Å². The quantitative estimate of drug-likeness (QED) is 0.428. The molecule has 156 valence electrons. The number of carbonyl (C=O) groups excluding carboxylic acids is 3. The lowest BCUT2D eigenvalue weighted by Crippen LogP contribution is -2.35. The van der Waals surface area contributed by atoms with E-state index in [1.807, 2.05) is 31.2 Å². The second kappa shape index (κ2) is 8.49. The number of benzene rings is 2. The van der Waals surface area contributed by atoms with Gasteiger partial charge in [-0.3, -0.25) is 24.2 Å². The van der Waals surface area contributed by atoms with Crippen LogP contribution >= 0.6 is 24.0 Å². The van der Waals surface area contributed by atoms with E-state index < -0.39 is 0 Å². The Morgan fingerprint density at radius 1 is 1.10 bits per heavy atom. The lowest BCUT2D eigenvalue weighted by Gasteiger charge is -2.17. The number of nitrogens with one attached hydrogen (secondary N) is 1. The number of hydrogen-bond acceptors (Lipinski definition) is 5. The molecule has 0 radical (unpaired) electrons. The fourth-order valence-electron chi connectivity index (χ4n) is 3.54. The van der Waals surface area contributed by atoms with Gasteiger partial charge in [0.1, 0.15) is 10.9 Å². The number of thiocarbonyl (C=S) groups is 1. The third-order valence-corrected chi connectivity index (χ3v) is 6.48. The molecule has 8 heteroatoms. The molecule has 2 aliphatic heterocycles. The number of amides is 3. The lowest BCUT2D eigenvalue weighted by atomic mass is 10.1. The van der Waals surface area contributed by atoms with E-state index >= 15 is 0 Å². The largest absolute Gasteiger partial charge is 0.324 e. The third kappa shape index (κ3) is 3.80. The lowest BCUT2D eigenvalue weighted by molar-refractivity contribution is -0.122. The molecule has 6 nitrogen and oxygen atoms in total. The summed E-state index contributed by atoms with van der Waals surface area (Å²) in [5, 5.41) is 2.85. The van der Waals surface area contributed by atoms with E-state index in [1.165, 1.54) is 9.80 Å². The number of anilines is 2. The first-order valence-corrected chi connectivity index (χ1v) is 10.8. The summed E-state index contributed by atoms with van der Waals surface area (Å²) < 4.78 is 0.383. The number of aryl methyl sites for hydroxylation is 1. The van der Waals surface area contributed by atoms with Crippen molar-refractivity contribution in [1.82, 2.24) is 4.90 Å². The number of rotatable bonds is 5. The summed E-state index contributed by atoms with van der Waals surface area (Å²) >= 11 is 6.42. The molecule has 0 bridgehead atoms. The van der Waals surface area contributed by atoms with Gasteiger partial charge in [-0.25, -0.2) is 0 Å². The van der Waals surface area contributed by atoms with Crippen molar-refractivity contribution < 1.29 is 14.4 Å². The number of carbonyl (C=O) groups is 3. The monoisotopic (exact) mass is 449 g/mol. The Labute approximate surface area is 189 Å². The van der Waals surface area contributed by atoms with Gasteiger partial charge in [0.15, 0.2) is 0 Å². The summed E-state index contributed by atoms with van der Waals surface area (Å²) in [6.45, 7) is 5.66. The number of para-hydroxylation sites is 2. The van der Waals surface area contributed by atoms with Gasteiger partial charge in [-0.2, -0.15) is 0 Å². The van der Waals surface area contributed by atoms with Crippen molar-refractivity contribution in [2.45, 2.75) is 6.92 Å². The fourth-order valence-corrected chi connectivity index (χ4v) is 4.89. The van der Waals surface area contributed by atoms with Crippen molar-refractivity contribution >= 4 is 63.0 Å². The van der Waals surface area contributed by atoms with Crippen molar-refractivity contribution in [3.63, 3.8) is 0 Å². The molecule has 1 N–H and O–H groups in total. The van der Waals surface area contributed by atoms with Crippen molar-refractivity contribution in [2.24, 2.45) is 0 Å². The smallest absolute Gasteiger partial charge is 0.267 e. The van der Waals surface area contributed by atoms with E-state index in [0.29, 0.717) is 21.3 Å². The average molecular weight is 450 g/mol. The normalized spacial score (nSPS) is 17.9. The molecule has 0 saturated carbocycles. The predicted octanol–water partition coefficient (Wildman–Crippen LogP) is 3.74. The van der Waals surface area contributed by atoms with Crippen LogP contribution < -0.4 is 10.2 Å². The minimum atomic E-state index is -0.389. The predicted molar refractivity (Wildman–Crippen MR) is 128 cm³/mol. The van der Waals surface area contributed by atoms with Crippen LogP contribution in [-0.2, 0) is 14.4 Å². The van der Waals surface area contributed by atoms with Gasteiger partial charge in [0.2, 0.25) is 5.91 Å². The first-order valence-electron chi connectivity index (χ1n) is 9.58. The van der Waals surface area contributed by atoms with Crippen LogP contribution in [0.25, 0.3) is 5.57 Å². The number of fused-ring (bicyclic) bond motifs is 1. The van der Waals surface area contributed by atoms with Crippen molar-refractivity contribution in [1.29, 1.82) is 0 Å². The number of nitrogens with zero attached hydrogens (tertiary/aromatic N) is 2. The second-order valence-electron chi connectivity index (χ2n) is 7.05. The highest BCUT2D eigenvalue weighted by molar-refractivity contribution is 8.26. The molecule has 2 aromatic carbocycles. The zero-order valence-corrected chi connectivity index (χ0v) is 18.4. The topological polar surface area (TPSA) is 69.7 Å². The molecule has 0 aliphatic carbocycles. The first kappa shape index (κ1) is 21.0. The maximum atomic E-state index is 13.4. The highest BCUT2D eigenvalue weighted by Crippen LogP contribution is 2.44. The van der Waals surface area contributed by atoms with Crippen LogP contribution in [-0.4, -0.2) is 40.0 Å². The van der Waals surface area contributed by atoms with Gasteiger partial charge in [0.25, 0.3) is 11.8 Å². The fraction of sp³-hybridized carbons (Fsp3) is 0.130. The Hall–Kier alpha value is -3.23. The van der Waals surface area contributed by atoms with Gasteiger partial charge in [-0.1, -0.05) is 66.5 Å². The first-order chi connectivity index (χ1) is 14.9. The summed E-state index contributed by atoms with van der Waals surface area (Å²) in [5.41, 5.74) is 3.11. The second-order valence-corrected chi connectivity index (χ2v) is 8.69. The zero-order chi connectivity index (χ0) is 22.1. The Morgan fingerprint density at radius 3 is 2.55 bits per heavy atom. The van der Waals surface area contributed by atoms with E-state index in [-0.39, 0.29) is 41.3 Å². The Balaban J connectivity index is 1.66. The molecule has 2 aliphatic rings. The minimum absolute atomic E-state index is 0.166. The van der Waals surface area contributed by atoms with Gasteiger partial charge in [0.05, 0.1) is 16.2 Å². The Morgan fingerprint density at radius 2 is 1.81 bits per heavy atom. The van der Waals surface area contributed by atoms with Crippen LogP contribution in [0.1, 0.15) is 11.1 Å². The van der Waals surface area contributed by atoms with Gasteiger partial charge in [0, 0.05) is 17.8 Å². The third-order valence-electron chi connectivity index (χ3n) is 5.03. The number of hydrogen-bond donors (Lipinski definition) is 1. The van der Waals surface area contributed by atoms with Crippen LogP contribution in [0.5, 0.6) is 0 Å². The standard InChI is InChI=1S/C23H19N3O3S2/c1-3-12-25-22(29)20(31-23(25)30)19-15-9-5-7-11-17(15)26(21(19)28)13-18(27)24-16-10-6-4-8-14(16)2/h3-11H,1,12-13H2,2H3,(H,24,27)/b20-19-. The zero-order valence-electron chi connectivity index (χ0n) is 16.8. The van der Waals surface area contributed by atoms with Gasteiger partial charge in [-0.15, -0.1) is 6.58 Å². The molecule has 0 unspecified atom stereocenters. The van der Waals surface area contributed by atoms with Crippen molar-refractivity contribution in [2.75, 3.05) is 23.3 Å². The average Bonchev–Trinajstić information content (AvgIpc) is 3.18. The molecule has 0 atom stereocenters. The molecule has 0 aromatic heterocycles. The molecular weight excluding hydrogens is 430 g/mol. The summed E-state index contributed by atoms with van der Waals surface area (Å²) in [6, 6.07) is 14.6. The van der Waals surface area contributed by atoms with Crippen LogP contribution in [0.4, 0.5) is 11.4 Å². The Bertz CT molecular complexity index is 1170. The van der Waals surface area contributed by atoms with Crippen LogP contribution in [0.15, 0.2) is 66.1 Å². The molecule has 4 rings (SSSR count). The molecule has 1 fully saturated rings. The maximum Gasteiger partial charge on any atom is 0.267 e. The van der Waals surface area contributed by atoms with E-state index in [9.17, 15) is 14.4 Å². The van der Waals surface area contributed by atoms with E-state index in [4.69, 9.17) is 12.2 Å². The maximum absolute atomic E-state index is 13.4. The summed E-state index contributed by atoms with van der Waals surface area (Å²) in [6.07, 6.45) is 1.59. The van der Waals surface area contributed by atoms with Crippen molar-refractivity contribution in [3.05, 3.63) is 77.2 Å². The number of thioether (sulfide) groups is 1. The summed E-state index contributed by atoms with van der Waals surface area (Å²) in [4.78, 5) is 42.1. The highest BCUT2D eigenvalue weighted by atomic mass is 32.2. The van der Waals surface area contributed by atoms with Crippen LogP contribution in [0, 0.1) is 6.92 Å². The summed E-state index contributed by atoms with van der Waals surface area (Å²) in [7, 11) is 0. The molecule has 3 amide bonds. The molecule has 2 aromatic rings. The van der Waals surface area contributed by atoms with E-state index in [0.717, 1.165) is 17.3 Å². The van der Waals surface area contributed by atoms with Crippen LogP contribution in [0.2, 0.25) is 0 Å². The minimum Gasteiger partial charge on any atom is -0.324 e.